The predicted molar refractivity (Wildman–Crippen MR) is 52.7 cm³/mol. The smallest absolute Gasteiger partial charge is 0.0558 e. The SMILES string of the molecule is CN1CCC2C(CCN2CCO)C1. The molecule has 0 aromatic heterocycles. The molecule has 2 heterocycles. The van der Waals surface area contributed by atoms with Gasteiger partial charge in [0.25, 0.3) is 0 Å². The summed E-state index contributed by atoms with van der Waals surface area (Å²) in [5, 5.41) is 8.92. The number of β-amino-alcohol motifs (C(OH)–C–C–N with tert-alkyl or cyclic N) is 1. The van der Waals surface area contributed by atoms with Gasteiger partial charge in [-0.1, -0.05) is 0 Å². The molecule has 3 heteroatoms. The van der Waals surface area contributed by atoms with Gasteiger partial charge < -0.3 is 10.0 Å². The van der Waals surface area contributed by atoms with E-state index in [1.807, 2.05) is 0 Å². The van der Waals surface area contributed by atoms with Crippen LogP contribution in [0.15, 0.2) is 0 Å². The lowest BCUT2D eigenvalue weighted by molar-refractivity contribution is 0.113. The standard InChI is InChI=1S/C10H20N2O/c1-11-4-3-10-9(8-11)2-5-12(10)6-7-13/h9-10,13H,2-8H2,1H3. The van der Waals surface area contributed by atoms with Crippen LogP contribution in [0.25, 0.3) is 0 Å². The maximum absolute atomic E-state index is 8.92. The Hall–Kier alpha value is -0.120. The van der Waals surface area contributed by atoms with Crippen molar-refractivity contribution in [2.45, 2.75) is 18.9 Å². The molecule has 1 N–H and O–H groups in total. The van der Waals surface area contributed by atoms with Gasteiger partial charge in [0, 0.05) is 19.1 Å². The van der Waals surface area contributed by atoms with Crippen molar-refractivity contribution < 1.29 is 5.11 Å². The third kappa shape index (κ3) is 1.87. The summed E-state index contributed by atoms with van der Waals surface area (Å²) in [6, 6.07) is 0.767. The van der Waals surface area contributed by atoms with E-state index in [0.29, 0.717) is 6.61 Å². The summed E-state index contributed by atoms with van der Waals surface area (Å²) in [4.78, 5) is 4.90. The Morgan fingerprint density at radius 3 is 2.92 bits per heavy atom. The molecule has 0 aromatic carbocycles. The van der Waals surface area contributed by atoms with Crippen LogP contribution < -0.4 is 0 Å². The average Bonchev–Trinajstić information content (AvgIpc) is 2.49. The number of aliphatic hydroxyl groups excluding tert-OH is 1. The summed E-state index contributed by atoms with van der Waals surface area (Å²) in [6.07, 6.45) is 2.62. The van der Waals surface area contributed by atoms with Crippen LogP contribution in [0, 0.1) is 5.92 Å². The van der Waals surface area contributed by atoms with Crippen LogP contribution in [-0.4, -0.2) is 60.8 Å². The highest BCUT2D eigenvalue weighted by molar-refractivity contribution is 4.91. The highest BCUT2D eigenvalue weighted by atomic mass is 16.3. The second-order valence-electron chi connectivity index (χ2n) is 4.43. The number of rotatable bonds is 2. The highest BCUT2D eigenvalue weighted by Gasteiger charge is 2.36. The highest BCUT2D eigenvalue weighted by Crippen LogP contribution is 2.30. The number of hydrogen-bond acceptors (Lipinski definition) is 3. The number of hydrogen-bond donors (Lipinski definition) is 1. The molecule has 3 nitrogen and oxygen atoms in total. The summed E-state index contributed by atoms with van der Waals surface area (Å²) in [7, 11) is 2.21. The topological polar surface area (TPSA) is 26.7 Å². The molecule has 2 rings (SSSR count). The Morgan fingerprint density at radius 1 is 1.31 bits per heavy atom. The Kier molecular flexibility index (Phi) is 2.86. The van der Waals surface area contributed by atoms with Crippen molar-refractivity contribution in [3.63, 3.8) is 0 Å². The molecule has 13 heavy (non-hydrogen) atoms. The molecular weight excluding hydrogens is 164 g/mol. The molecule has 2 unspecified atom stereocenters. The fourth-order valence-electron chi connectivity index (χ4n) is 2.87. The fraction of sp³-hybridized carbons (Fsp3) is 1.00. The first-order valence-corrected chi connectivity index (χ1v) is 5.34. The first-order chi connectivity index (χ1) is 6.31. The molecule has 76 valence electrons. The van der Waals surface area contributed by atoms with Crippen molar-refractivity contribution in [3.05, 3.63) is 0 Å². The second-order valence-corrected chi connectivity index (χ2v) is 4.43. The minimum absolute atomic E-state index is 0.319. The first kappa shape index (κ1) is 9.44. The van der Waals surface area contributed by atoms with E-state index in [2.05, 4.69) is 16.8 Å². The molecular formula is C10H20N2O. The first-order valence-electron chi connectivity index (χ1n) is 5.34. The van der Waals surface area contributed by atoms with Gasteiger partial charge in [-0.15, -0.1) is 0 Å². The lowest BCUT2D eigenvalue weighted by atomic mass is 9.93. The van der Waals surface area contributed by atoms with E-state index in [1.54, 1.807) is 0 Å². The van der Waals surface area contributed by atoms with Crippen molar-refractivity contribution in [1.29, 1.82) is 0 Å². The van der Waals surface area contributed by atoms with Gasteiger partial charge >= 0.3 is 0 Å². The molecule has 0 amide bonds. The number of piperidine rings is 1. The summed E-state index contributed by atoms with van der Waals surface area (Å²) in [5.41, 5.74) is 0. The Bertz CT molecular complexity index is 168. The van der Waals surface area contributed by atoms with Crippen LogP contribution in [0.5, 0.6) is 0 Å². The van der Waals surface area contributed by atoms with E-state index in [-0.39, 0.29) is 0 Å². The number of likely N-dealkylation sites (tertiary alicyclic amines) is 2. The second kappa shape index (κ2) is 3.95. The minimum Gasteiger partial charge on any atom is -0.395 e. The van der Waals surface area contributed by atoms with Crippen molar-refractivity contribution >= 4 is 0 Å². The summed E-state index contributed by atoms with van der Waals surface area (Å²) in [6.45, 7) is 4.88. The molecule has 2 aliphatic heterocycles. The van der Waals surface area contributed by atoms with Gasteiger partial charge in [0.1, 0.15) is 0 Å². The van der Waals surface area contributed by atoms with Gasteiger partial charge in [0.15, 0.2) is 0 Å². The summed E-state index contributed by atoms with van der Waals surface area (Å²) < 4.78 is 0. The van der Waals surface area contributed by atoms with Crippen molar-refractivity contribution in [3.8, 4) is 0 Å². The summed E-state index contributed by atoms with van der Waals surface area (Å²) in [5.74, 6) is 0.866. The van der Waals surface area contributed by atoms with Crippen LogP contribution in [-0.2, 0) is 0 Å². The molecule has 0 spiro atoms. The largest absolute Gasteiger partial charge is 0.395 e. The van der Waals surface area contributed by atoms with E-state index in [4.69, 9.17) is 5.11 Å². The van der Waals surface area contributed by atoms with E-state index in [0.717, 1.165) is 18.5 Å². The van der Waals surface area contributed by atoms with Crippen molar-refractivity contribution in [1.82, 2.24) is 9.80 Å². The lowest BCUT2D eigenvalue weighted by Gasteiger charge is -2.36. The monoisotopic (exact) mass is 184 g/mol. The van der Waals surface area contributed by atoms with Gasteiger partial charge in [-0.3, -0.25) is 4.90 Å². The van der Waals surface area contributed by atoms with E-state index < -0.39 is 0 Å². The van der Waals surface area contributed by atoms with Crippen LogP contribution in [0.1, 0.15) is 12.8 Å². The van der Waals surface area contributed by atoms with Crippen molar-refractivity contribution in [2.75, 3.05) is 39.8 Å². The molecule has 0 saturated carbocycles. The van der Waals surface area contributed by atoms with Crippen molar-refractivity contribution in [2.24, 2.45) is 5.92 Å². The minimum atomic E-state index is 0.319. The van der Waals surface area contributed by atoms with Gasteiger partial charge in [-0.2, -0.15) is 0 Å². The average molecular weight is 184 g/mol. The molecule has 0 radical (unpaired) electrons. The lowest BCUT2D eigenvalue weighted by Crippen LogP contribution is -2.45. The maximum atomic E-state index is 8.92. The predicted octanol–water partition coefficient (Wildman–Crippen LogP) is 0.00470. The molecule has 2 atom stereocenters. The third-order valence-electron chi connectivity index (χ3n) is 3.54. The quantitative estimate of drug-likeness (QED) is 0.654. The third-order valence-corrected chi connectivity index (χ3v) is 3.54. The maximum Gasteiger partial charge on any atom is 0.0558 e. The molecule has 0 bridgehead atoms. The zero-order valence-electron chi connectivity index (χ0n) is 8.45. The fourth-order valence-corrected chi connectivity index (χ4v) is 2.87. The van der Waals surface area contributed by atoms with Gasteiger partial charge in [0.05, 0.1) is 6.61 Å². The van der Waals surface area contributed by atoms with E-state index in [9.17, 15) is 0 Å². The Morgan fingerprint density at radius 2 is 2.15 bits per heavy atom. The number of aliphatic hydroxyl groups is 1. The molecule has 2 fully saturated rings. The van der Waals surface area contributed by atoms with E-state index >= 15 is 0 Å². The van der Waals surface area contributed by atoms with Gasteiger partial charge in [-0.25, -0.2) is 0 Å². The van der Waals surface area contributed by atoms with Gasteiger partial charge in [-0.05, 0) is 38.9 Å². The Balaban J connectivity index is 1.92. The van der Waals surface area contributed by atoms with Crippen LogP contribution in [0.4, 0.5) is 0 Å². The zero-order valence-corrected chi connectivity index (χ0v) is 8.45. The number of fused-ring (bicyclic) bond motifs is 1. The van der Waals surface area contributed by atoms with Crippen LogP contribution in [0.3, 0.4) is 0 Å². The molecule has 2 aliphatic rings. The molecule has 2 saturated heterocycles. The normalized spacial score (nSPS) is 36.5. The summed E-state index contributed by atoms with van der Waals surface area (Å²) >= 11 is 0. The number of nitrogens with zero attached hydrogens (tertiary/aromatic N) is 2. The van der Waals surface area contributed by atoms with Crippen LogP contribution in [0.2, 0.25) is 0 Å². The molecule has 0 aliphatic carbocycles. The van der Waals surface area contributed by atoms with Gasteiger partial charge in [0.2, 0.25) is 0 Å². The molecule has 0 aromatic rings. The van der Waals surface area contributed by atoms with Crippen LogP contribution >= 0.6 is 0 Å². The zero-order chi connectivity index (χ0) is 9.26. The van der Waals surface area contributed by atoms with E-state index in [1.165, 1.54) is 32.5 Å². The Labute approximate surface area is 80.3 Å².